The Balaban J connectivity index is 1.13. The van der Waals surface area contributed by atoms with Crippen molar-refractivity contribution in [3.63, 3.8) is 0 Å². The number of benzene rings is 6. The van der Waals surface area contributed by atoms with Gasteiger partial charge in [-0.2, -0.15) is 16.8 Å². The minimum Gasteiger partial charge on any atom is -0.505 e. The summed E-state index contributed by atoms with van der Waals surface area (Å²) >= 11 is 0. The fourth-order valence-electron chi connectivity index (χ4n) is 5.75. The van der Waals surface area contributed by atoms with Crippen molar-refractivity contribution in [3.8, 4) is 11.5 Å². The van der Waals surface area contributed by atoms with Crippen LogP contribution in [-0.2, 0) is 29.8 Å². The number of anilines is 4. The van der Waals surface area contributed by atoms with Crippen molar-refractivity contribution in [2.45, 2.75) is 23.6 Å². The van der Waals surface area contributed by atoms with Crippen LogP contribution in [0.3, 0.4) is 0 Å². The molecule has 0 aliphatic carbocycles. The molecule has 0 spiro atoms. The number of phenolic OH excluding ortho intramolecular Hbond substituents is 2. The number of carbonyl (C=O) groups excluding carboxylic acids is 4. The monoisotopic (exact) mass is 798 g/mol. The first kappa shape index (κ1) is 38.9. The molecular formula is C38H30N4O12S2. The summed E-state index contributed by atoms with van der Waals surface area (Å²) in [5.74, 6) is -4.30. The van der Waals surface area contributed by atoms with E-state index in [1.54, 1.807) is 13.8 Å². The Labute approximate surface area is 318 Å². The summed E-state index contributed by atoms with van der Waals surface area (Å²) in [6, 6.07) is 21.2. The van der Waals surface area contributed by atoms with Gasteiger partial charge in [-0.05, 0) is 109 Å². The summed E-state index contributed by atoms with van der Waals surface area (Å²) in [6.45, 7) is 3.25. The van der Waals surface area contributed by atoms with E-state index in [9.17, 15) is 55.3 Å². The summed E-state index contributed by atoms with van der Waals surface area (Å²) < 4.78 is 64.6. The Morgan fingerprint density at radius 2 is 0.857 bits per heavy atom. The van der Waals surface area contributed by atoms with E-state index in [-0.39, 0.29) is 76.7 Å². The molecule has 6 aromatic carbocycles. The lowest BCUT2D eigenvalue weighted by molar-refractivity contribution is -0.132. The van der Waals surface area contributed by atoms with Crippen LogP contribution < -0.4 is 21.3 Å². The van der Waals surface area contributed by atoms with Gasteiger partial charge >= 0.3 is 11.8 Å². The zero-order chi connectivity index (χ0) is 40.7. The summed E-state index contributed by atoms with van der Waals surface area (Å²) in [5, 5.41) is 32.5. The maximum Gasteiger partial charge on any atom is 0.314 e. The maximum absolute atomic E-state index is 13.3. The third kappa shape index (κ3) is 8.12. The number of aromatic hydroxyl groups is 2. The van der Waals surface area contributed by atoms with E-state index in [4.69, 9.17) is 0 Å². The predicted molar refractivity (Wildman–Crippen MR) is 206 cm³/mol. The molecule has 0 radical (unpaired) electrons. The molecule has 286 valence electrons. The number of nitrogens with one attached hydrogen (secondary N) is 4. The average molecular weight is 799 g/mol. The molecule has 6 aromatic rings. The van der Waals surface area contributed by atoms with Gasteiger partial charge < -0.3 is 31.5 Å². The molecule has 0 bridgehead atoms. The van der Waals surface area contributed by atoms with Crippen molar-refractivity contribution in [3.05, 3.63) is 119 Å². The molecule has 4 amide bonds. The van der Waals surface area contributed by atoms with E-state index >= 15 is 0 Å². The minimum absolute atomic E-state index is 0.00704. The second-order valence-electron chi connectivity index (χ2n) is 12.5. The highest BCUT2D eigenvalue weighted by Gasteiger charge is 2.21. The number of aryl methyl sites for hydroxylation is 2. The number of hydrogen-bond donors (Lipinski definition) is 8. The molecule has 0 heterocycles. The van der Waals surface area contributed by atoms with Gasteiger partial charge in [0, 0.05) is 33.3 Å². The fraction of sp³-hybridized carbons (Fsp3) is 0.0526. The van der Waals surface area contributed by atoms with E-state index in [1.165, 1.54) is 72.8 Å². The lowest BCUT2D eigenvalue weighted by Gasteiger charge is -2.14. The van der Waals surface area contributed by atoms with Gasteiger partial charge in [-0.25, -0.2) is 0 Å². The minimum atomic E-state index is -4.48. The number of hydrogen-bond acceptors (Lipinski definition) is 10. The standard InChI is InChI=1S/C38H30N4O12S2/c1-19-3-7-23(17-29(19)35(45)41-31-13-5-21-15-25(55(49,50)51)9-11-27(21)33(31)43)39-37(47)38(48)40-24-8-4-20(2)30(18-24)36(46)42-32-14-6-22-16-26(56(52,53)54)10-12-28(22)34(32)44/h3-18,43-44H,1-2H3,(H,39,47)(H,40,48)(H,41,45)(H,42,46)(H,49,50,51)(H,52,53,54). The molecule has 0 saturated heterocycles. The van der Waals surface area contributed by atoms with Crippen LogP contribution in [0.2, 0.25) is 0 Å². The molecule has 0 aliphatic rings. The van der Waals surface area contributed by atoms with E-state index < -0.39 is 43.9 Å². The molecule has 16 nitrogen and oxygen atoms in total. The van der Waals surface area contributed by atoms with Gasteiger partial charge in [0.05, 0.1) is 21.2 Å². The van der Waals surface area contributed by atoms with Gasteiger partial charge in [0.2, 0.25) is 0 Å². The van der Waals surface area contributed by atoms with Crippen LogP contribution in [0.5, 0.6) is 11.5 Å². The van der Waals surface area contributed by atoms with Crippen LogP contribution in [0, 0.1) is 13.8 Å². The van der Waals surface area contributed by atoms with Gasteiger partial charge in [0.25, 0.3) is 32.1 Å². The van der Waals surface area contributed by atoms with Crippen LogP contribution in [-0.4, -0.2) is 59.8 Å². The van der Waals surface area contributed by atoms with Crippen molar-refractivity contribution >= 4 is 88.2 Å². The highest BCUT2D eigenvalue weighted by molar-refractivity contribution is 7.86. The van der Waals surface area contributed by atoms with Crippen LogP contribution >= 0.6 is 0 Å². The highest BCUT2D eigenvalue weighted by atomic mass is 32.2. The first-order valence-electron chi connectivity index (χ1n) is 16.2. The third-order valence-corrected chi connectivity index (χ3v) is 10.4. The molecular weight excluding hydrogens is 769 g/mol. The van der Waals surface area contributed by atoms with Crippen molar-refractivity contribution in [2.24, 2.45) is 0 Å². The predicted octanol–water partition coefficient (Wildman–Crippen LogP) is 5.60. The fourth-order valence-corrected chi connectivity index (χ4v) is 6.78. The molecule has 0 aromatic heterocycles. The summed E-state index contributed by atoms with van der Waals surface area (Å²) in [6.07, 6.45) is 0. The Bertz CT molecular complexity index is 2700. The van der Waals surface area contributed by atoms with E-state index in [0.717, 1.165) is 24.3 Å². The number of rotatable bonds is 8. The first-order chi connectivity index (χ1) is 26.3. The van der Waals surface area contributed by atoms with Crippen molar-refractivity contribution in [1.82, 2.24) is 0 Å². The van der Waals surface area contributed by atoms with Crippen molar-refractivity contribution in [2.75, 3.05) is 21.3 Å². The van der Waals surface area contributed by atoms with Gasteiger partial charge in [-0.3, -0.25) is 28.3 Å². The second kappa shape index (κ2) is 14.8. The van der Waals surface area contributed by atoms with Gasteiger partial charge in [-0.1, -0.05) is 24.3 Å². The lowest BCUT2D eigenvalue weighted by atomic mass is 10.1. The SMILES string of the molecule is Cc1ccc(NC(=O)C(=O)Nc2ccc(C)c(C(=O)Nc3ccc4cc(S(=O)(=O)O)ccc4c3O)c2)cc1C(=O)Nc1ccc2cc(S(=O)(=O)O)ccc2c1O. The summed E-state index contributed by atoms with van der Waals surface area (Å²) in [5.41, 5.74) is 1.27. The molecule has 56 heavy (non-hydrogen) atoms. The Morgan fingerprint density at radius 3 is 1.21 bits per heavy atom. The highest BCUT2D eigenvalue weighted by Crippen LogP contribution is 2.36. The molecule has 0 aliphatic heterocycles. The number of carbonyl (C=O) groups is 4. The van der Waals surface area contributed by atoms with Crippen LogP contribution in [0.4, 0.5) is 22.7 Å². The zero-order valence-corrected chi connectivity index (χ0v) is 30.7. The number of amides is 4. The van der Waals surface area contributed by atoms with E-state index in [2.05, 4.69) is 21.3 Å². The summed E-state index contributed by atoms with van der Waals surface area (Å²) in [4.78, 5) is 51.6. The van der Waals surface area contributed by atoms with Crippen molar-refractivity contribution < 1.29 is 55.3 Å². The quantitative estimate of drug-likeness (QED) is 0.0532. The summed E-state index contributed by atoms with van der Waals surface area (Å²) in [7, 11) is -8.96. The molecule has 18 heteroatoms. The second-order valence-corrected chi connectivity index (χ2v) is 15.4. The number of fused-ring (bicyclic) bond motifs is 2. The lowest BCUT2D eigenvalue weighted by Crippen LogP contribution is -2.29. The first-order valence-corrected chi connectivity index (χ1v) is 19.1. The zero-order valence-electron chi connectivity index (χ0n) is 29.1. The molecule has 6 rings (SSSR count). The van der Waals surface area contributed by atoms with Crippen molar-refractivity contribution in [1.29, 1.82) is 0 Å². The maximum atomic E-state index is 13.3. The van der Waals surface area contributed by atoms with E-state index in [1.807, 2.05) is 0 Å². The van der Waals surface area contributed by atoms with Crippen LogP contribution in [0.25, 0.3) is 21.5 Å². The van der Waals surface area contributed by atoms with Crippen LogP contribution in [0.1, 0.15) is 31.8 Å². The largest absolute Gasteiger partial charge is 0.505 e. The molecule has 0 unspecified atom stereocenters. The van der Waals surface area contributed by atoms with Gasteiger partial charge in [0.1, 0.15) is 11.5 Å². The Kier molecular flexibility index (Phi) is 10.2. The number of phenols is 2. The Hall–Kier alpha value is -6.86. The Morgan fingerprint density at radius 1 is 0.482 bits per heavy atom. The molecule has 0 atom stereocenters. The van der Waals surface area contributed by atoms with Crippen LogP contribution in [0.15, 0.2) is 107 Å². The topological polar surface area (TPSA) is 266 Å². The molecule has 8 N–H and O–H groups in total. The van der Waals surface area contributed by atoms with E-state index in [0.29, 0.717) is 11.1 Å². The normalized spacial score (nSPS) is 11.6. The molecule has 0 fully saturated rings. The average Bonchev–Trinajstić information content (AvgIpc) is 3.14. The van der Waals surface area contributed by atoms with Gasteiger partial charge in [0.15, 0.2) is 0 Å². The third-order valence-electron chi connectivity index (χ3n) is 8.70. The molecule has 0 saturated carbocycles. The van der Waals surface area contributed by atoms with Gasteiger partial charge in [-0.15, -0.1) is 0 Å². The smallest absolute Gasteiger partial charge is 0.314 e.